The van der Waals surface area contributed by atoms with Gasteiger partial charge in [0, 0.05) is 12.6 Å². The van der Waals surface area contributed by atoms with E-state index in [1.807, 2.05) is 0 Å². The van der Waals surface area contributed by atoms with E-state index in [0.717, 1.165) is 5.01 Å². The molecule has 0 amide bonds. The fourth-order valence-electron chi connectivity index (χ4n) is 1.41. The molecule has 1 atom stereocenters. The molecule has 1 heterocycles. The van der Waals surface area contributed by atoms with Crippen LogP contribution in [0.3, 0.4) is 0 Å². The zero-order valence-corrected chi connectivity index (χ0v) is 8.41. The van der Waals surface area contributed by atoms with Crippen LogP contribution < -0.4 is 0 Å². The summed E-state index contributed by atoms with van der Waals surface area (Å²) in [5.74, 6) is 0. The van der Waals surface area contributed by atoms with Gasteiger partial charge in [-0.15, -0.1) is 0 Å². The lowest BCUT2D eigenvalue weighted by Gasteiger charge is -2.33. The molecule has 0 aromatic carbocycles. The van der Waals surface area contributed by atoms with Crippen molar-refractivity contribution in [2.45, 2.75) is 39.2 Å². The SMILES string of the molecule is CCN1N=CN(C(C)C)C1C(F)(F)F. The molecule has 1 rings (SSSR count). The van der Waals surface area contributed by atoms with Crippen molar-refractivity contribution in [3.63, 3.8) is 0 Å². The minimum atomic E-state index is -4.27. The Bertz CT molecular complexity index is 224. The topological polar surface area (TPSA) is 18.8 Å². The molecule has 82 valence electrons. The molecule has 0 N–H and O–H groups in total. The predicted octanol–water partition coefficient (Wildman–Crippen LogP) is 1.86. The van der Waals surface area contributed by atoms with Crippen LogP contribution in [0.15, 0.2) is 5.10 Å². The van der Waals surface area contributed by atoms with Crippen molar-refractivity contribution < 1.29 is 13.2 Å². The molecule has 0 saturated carbocycles. The largest absolute Gasteiger partial charge is 0.429 e. The Kier molecular flexibility index (Phi) is 2.92. The zero-order chi connectivity index (χ0) is 10.9. The van der Waals surface area contributed by atoms with Crippen LogP contribution >= 0.6 is 0 Å². The first-order valence-corrected chi connectivity index (χ1v) is 4.52. The van der Waals surface area contributed by atoms with Gasteiger partial charge in [-0.3, -0.25) is 5.01 Å². The third kappa shape index (κ3) is 1.93. The summed E-state index contributed by atoms with van der Waals surface area (Å²) in [6, 6.07) is -0.207. The third-order valence-corrected chi connectivity index (χ3v) is 2.11. The molecule has 0 spiro atoms. The maximum atomic E-state index is 12.6. The minimum Gasteiger partial charge on any atom is -0.330 e. The lowest BCUT2D eigenvalue weighted by Crippen LogP contribution is -2.52. The highest BCUT2D eigenvalue weighted by molar-refractivity contribution is 5.57. The van der Waals surface area contributed by atoms with E-state index in [0.29, 0.717) is 0 Å². The van der Waals surface area contributed by atoms with Gasteiger partial charge in [0.15, 0.2) is 0 Å². The summed E-state index contributed by atoms with van der Waals surface area (Å²) >= 11 is 0. The third-order valence-electron chi connectivity index (χ3n) is 2.11. The number of hydrogen-bond donors (Lipinski definition) is 0. The van der Waals surface area contributed by atoms with Crippen molar-refractivity contribution in [2.75, 3.05) is 6.54 Å². The highest BCUT2D eigenvalue weighted by atomic mass is 19.4. The van der Waals surface area contributed by atoms with Gasteiger partial charge in [-0.05, 0) is 20.8 Å². The summed E-state index contributed by atoms with van der Waals surface area (Å²) < 4.78 is 37.9. The maximum absolute atomic E-state index is 12.6. The molecule has 0 saturated heterocycles. The van der Waals surface area contributed by atoms with Crippen molar-refractivity contribution in [1.82, 2.24) is 9.91 Å². The molecular formula is C8H14F3N3. The van der Waals surface area contributed by atoms with Gasteiger partial charge >= 0.3 is 6.18 Å². The number of rotatable bonds is 2. The van der Waals surface area contributed by atoms with Crippen molar-refractivity contribution in [3.8, 4) is 0 Å². The van der Waals surface area contributed by atoms with Crippen LogP contribution in [0.5, 0.6) is 0 Å². The first-order valence-electron chi connectivity index (χ1n) is 4.52. The minimum absolute atomic E-state index is 0.207. The van der Waals surface area contributed by atoms with Gasteiger partial charge in [0.05, 0.1) is 0 Å². The molecule has 0 aromatic heterocycles. The standard InChI is InChI=1S/C8H14F3N3/c1-4-14-7(8(9,10)11)13(5-12-14)6(2)3/h5-7H,4H2,1-3H3. The second-order valence-electron chi connectivity index (χ2n) is 3.44. The van der Waals surface area contributed by atoms with E-state index in [1.165, 1.54) is 11.2 Å². The molecule has 1 aliphatic heterocycles. The Hall–Kier alpha value is -0.940. The quantitative estimate of drug-likeness (QED) is 0.691. The number of alkyl halides is 3. The lowest BCUT2D eigenvalue weighted by atomic mass is 10.3. The number of halogens is 3. The fraction of sp³-hybridized carbons (Fsp3) is 0.875. The van der Waals surface area contributed by atoms with E-state index >= 15 is 0 Å². The summed E-state index contributed by atoms with van der Waals surface area (Å²) in [5, 5.41) is 4.76. The Labute approximate surface area is 81.2 Å². The first kappa shape index (κ1) is 11.1. The molecule has 0 aromatic rings. The predicted molar refractivity (Wildman–Crippen MR) is 47.7 cm³/mol. The molecule has 3 nitrogen and oxygen atoms in total. The van der Waals surface area contributed by atoms with E-state index in [9.17, 15) is 13.2 Å². The summed E-state index contributed by atoms with van der Waals surface area (Å²) in [4.78, 5) is 1.21. The Balaban J connectivity index is 2.85. The van der Waals surface area contributed by atoms with E-state index in [2.05, 4.69) is 5.10 Å². The van der Waals surface area contributed by atoms with Gasteiger partial charge < -0.3 is 4.90 Å². The Morgan fingerprint density at radius 2 is 2.00 bits per heavy atom. The average Bonchev–Trinajstić information content (AvgIpc) is 2.45. The Morgan fingerprint density at radius 3 is 2.36 bits per heavy atom. The molecule has 6 heteroatoms. The first-order chi connectivity index (χ1) is 6.38. The number of hydrogen-bond acceptors (Lipinski definition) is 3. The summed E-state index contributed by atoms with van der Waals surface area (Å²) in [6.07, 6.45) is -4.61. The molecule has 0 bridgehead atoms. The molecule has 1 aliphatic rings. The van der Waals surface area contributed by atoms with E-state index in [1.54, 1.807) is 20.8 Å². The maximum Gasteiger partial charge on any atom is 0.429 e. The smallest absolute Gasteiger partial charge is 0.330 e. The van der Waals surface area contributed by atoms with Gasteiger partial charge in [-0.2, -0.15) is 18.3 Å². The van der Waals surface area contributed by atoms with Crippen molar-refractivity contribution in [3.05, 3.63) is 0 Å². The van der Waals surface area contributed by atoms with Crippen molar-refractivity contribution >= 4 is 6.34 Å². The van der Waals surface area contributed by atoms with Crippen LogP contribution in [-0.4, -0.2) is 41.2 Å². The second-order valence-corrected chi connectivity index (χ2v) is 3.44. The highest BCUT2D eigenvalue weighted by Crippen LogP contribution is 2.30. The fourth-order valence-corrected chi connectivity index (χ4v) is 1.41. The van der Waals surface area contributed by atoms with Crippen molar-refractivity contribution in [1.29, 1.82) is 0 Å². The van der Waals surface area contributed by atoms with Crippen LogP contribution in [0, 0.1) is 0 Å². The van der Waals surface area contributed by atoms with Gasteiger partial charge in [0.2, 0.25) is 6.17 Å². The Morgan fingerprint density at radius 1 is 1.43 bits per heavy atom. The van der Waals surface area contributed by atoms with E-state index in [-0.39, 0.29) is 12.6 Å². The molecule has 0 fully saturated rings. The number of nitrogens with zero attached hydrogens (tertiary/aromatic N) is 3. The normalized spacial score (nSPS) is 22.6. The molecule has 14 heavy (non-hydrogen) atoms. The van der Waals surface area contributed by atoms with E-state index in [4.69, 9.17) is 0 Å². The van der Waals surface area contributed by atoms with Gasteiger partial charge in [-0.1, -0.05) is 0 Å². The van der Waals surface area contributed by atoms with Gasteiger partial charge in [-0.25, -0.2) is 0 Å². The monoisotopic (exact) mass is 209 g/mol. The van der Waals surface area contributed by atoms with Crippen molar-refractivity contribution in [2.24, 2.45) is 5.10 Å². The van der Waals surface area contributed by atoms with E-state index < -0.39 is 12.3 Å². The molecule has 0 radical (unpaired) electrons. The second kappa shape index (κ2) is 3.67. The molecule has 0 aliphatic carbocycles. The zero-order valence-electron chi connectivity index (χ0n) is 8.41. The van der Waals surface area contributed by atoms with Gasteiger partial charge in [0.1, 0.15) is 6.34 Å². The van der Waals surface area contributed by atoms with Crippen LogP contribution in [-0.2, 0) is 0 Å². The molecular weight excluding hydrogens is 195 g/mol. The molecule has 1 unspecified atom stereocenters. The summed E-state index contributed by atoms with van der Waals surface area (Å²) in [5.41, 5.74) is 0. The van der Waals surface area contributed by atoms with Crippen LogP contribution in [0.2, 0.25) is 0 Å². The van der Waals surface area contributed by atoms with Crippen LogP contribution in [0.25, 0.3) is 0 Å². The summed E-state index contributed by atoms with van der Waals surface area (Å²) in [6.45, 7) is 5.33. The van der Waals surface area contributed by atoms with Crippen LogP contribution in [0.4, 0.5) is 13.2 Å². The van der Waals surface area contributed by atoms with Gasteiger partial charge in [0.25, 0.3) is 0 Å². The number of hydrazone groups is 1. The van der Waals surface area contributed by atoms with Crippen LogP contribution in [0.1, 0.15) is 20.8 Å². The lowest BCUT2D eigenvalue weighted by molar-refractivity contribution is -0.209. The average molecular weight is 209 g/mol. The summed E-state index contributed by atoms with van der Waals surface area (Å²) in [7, 11) is 0. The highest BCUT2D eigenvalue weighted by Gasteiger charge is 2.49.